The maximum Gasteiger partial charge on any atom is 0.220 e. The number of nitrogens with one attached hydrogen (secondary N) is 1. The molecule has 2 unspecified atom stereocenters. The van der Waals surface area contributed by atoms with E-state index < -0.39 is 0 Å². The fourth-order valence-corrected chi connectivity index (χ4v) is 1.08. The quantitative estimate of drug-likeness (QED) is 0.632. The number of methoxy groups -OCH3 is 1. The molecule has 0 saturated heterocycles. The summed E-state index contributed by atoms with van der Waals surface area (Å²) < 4.78 is 4.96. The minimum absolute atomic E-state index is 0.0743. The molecule has 0 fully saturated rings. The number of rotatable bonds is 7. The molecular formula is C10H22N2O2. The van der Waals surface area contributed by atoms with Crippen LogP contribution in [0.3, 0.4) is 0 Å². The van der Waals surface area contributed by atoms with Crippen molar-refractivity contribution in [3.63, 3.8) is 0 Å². The lowest BCUT2D eigenvalue weighted by molar-refractivity contribution is -0.121. The Balaban J connectivity index is 3.43. The highest BCUT2D eigenvalue weighted by Crippen LogP contribution is 1.95. The maximum atomic E-state index is 11.2. The Morgan fingerprint density at radius 3 is 2.64 bits per heavy atom. The Labute approximate surface area is 86.2 Å². The van der Waals surface area contributed by atoms with E-state index in [-0.39, 0.29) is 11.9 Å². The fourth-order valence-electron chi connectivity index (χ4n) is 1.08. The zero-order valence-corrected chi connectivity index (χ0v) is 9.38. The van der Waals surface area contributed by atoms with Gasteiger partial charge in [-0.15, -0.1) is 0 Å². The first-order valence-electron chi connectivity index (χ1n) is 5.07. The van der Waals surface area contributed by atoms with Crippen molar-refractivity contribution in [2.24, 2.45) is 11.7 Å². The molecule has 0 aromatic rings. The predicted octanol–water partition coefficient (Wildman–Crippen LogP) is 0.513. The SMILES string of the molecule is COCC(C)CNC(=O)CCC(C)N. The second-order valence-electron chi connectivity index (χ2n) is 3.88. The van der Waals surface area contributed by atoms with Gasteiger partial charge in [0.15, 0.2) is 0 Å². The number of carbonyl (C=O) groups excluding carboxylic acids is 1. The zero-order chi connectivity index (χ0) is 11.0. The van der Waals surface area contributed by atoms with E-state index in [9.17, 15) is 4.79 Å². The molecule has 0 aliphatic carbocycles. The lowest BCUT2D eigenvalue weighted by Crippen LogP contribution is -2.30. The lowest BCUT2D eigenvalue weighted by Gasteiger charge is -2.11. The first-order valence-corrected chi connectivity index (χ1v) is 5.07. The molecular weight excluding hydrogens is 180 g/mol. The molecule has 0 bridgehead atoms. The van der Waals surface area contributed by atoms with Gasteiger partial charge in [-0.25, -0.2) is 0 Å². The van der Waals surface area contributed by atoms with Crippen molar-refractivity contribution in [3.8, 4) is 0 Å². The molecule has 4 nitrogen and oxygen atoms in total. The molecule has 0 aliphatic heterocycles. The summed E-state index contributed by atoms with van der Waals surface area (Å²) in [6, 6.07) is 0.0946. The van der Waals surface area contributed by atoms with Crippen LogP contribution in [0.1, 0.15) is 26.7 Å². The summed E-state index contributed by atoms with van der Waals surface area (Å²) in [5, 5.41) is 2.85. The molecule has 14 heavy (non-hydrogen) atoms. The smallest absolute Gasteiger partial charge is 0.220 e. The van der Waals surface area contributed by atoms with Crippen LogP contribution in [0.15, 0.2) is 0 Å². The van der Waals surface area contributed by atoms with E-state index in [4.69, 9.17) is 10.5 Å². The van der Waals surface area contributed by atoms with E-state index in [1.165, 1.54) is 0 Å². The minimum Gasteiger partial charge on any atom is -0.384 e. The highest BCUT2D eigenvalue weighted by Gasteiger charge is 2.05. The zero-order valence-electron chi connectivity index (χ0n) is 9.38. The molecule has 0 aromatic heterocycles. The van der Waals surface area contributed by atoms with Crippen LogP contribution in [0.2, 0.25) is 0 Å². The van der Waals surface area contributed by atoms with Crippen LogP contribution in [0.4, 0.5) is 0 Å². The Bertz CT molecular complexity index is 160. The minimum atomic E-state index is 0.0743. The lowest BCUT2D eigenvalue weighted by atomic mass is 10.1. The van der Waals surface area contributed by atoms with Crippen molar-refractivity contribution in [1.82, 2.24) is 5.32 Å². The second kappa shape index (κ2) is 7.76. The number of hydrogen-bond acceptors (Lipinski definition) is 3. The summed E-state index contributed by atoms with van der Waals surface area (Å²) in [6.45, 7) is 5.29. The van der Waals surface area contributed by atoms with E-state index in [0.29, 0.717) is 25.5 Å². The largest absolute Gasteiger partial charge is 0.384 e. The van der Waals surface area contributed by atoms with Crippen LogP contribution >= 0.6 is 0 Å². The van der Waals surface area contributed by atoms with Crippen molar-refractivity contribution >= 4 is 5.91 Å². The fraction of sp³-hybridized carbons (Fsp3) is 0.900. The van der Waals surface area contributed by atoms with Gasteiger partial charge < -0.3 is 15.8 Å². The third kappa shape index (κ3) is 8.01. The number of amides is 1. The van der Waals surface area contributed by atoms with E-state index in [2.05, 4.69) is 5.32 Å². The number of hydrogen-bond donors (Lipinski definition) is 2. The van der Waals surface area contributed by atoms with Gasteiger partial charge in [0.25, 0.3) is 0 Å². The molecule has 0 radical (unpaired) electrons. The van der Waals surface area contributed by atoms with Gasteiger partial charge in [-0.2, -0.15) is 0 Å². The van der Waals surface area contributed by atoms with Crippen LogP contribution in [-0.2, 0) is 9.53 Å². The maximum absolute atomic E-state index is 11.2. The summed E-state index contributed by atoms with van der Waals surface area (Å²) in [6.07, 6.45) is 1.25. The summed E-state index contributed by atoms with van der Waals surface area (Å²) in [4.78, 5) is 11.2. The Kier molecular flexibility index (Phi) is 7.42. The van der Waals surface area contributed by atoms with Crippen molar-refractivity contribution in [1.29, 1.82) is 0 Å². The third-order valence-corrected chi connectivity index (χ3v) is 1.93. The van der Waals surface area contributed by atoms with Crippen LogP contribution < -0.4 is 11.1 Å². The normalized spacial score (nSPS) is 14.9. The van der Waals surface area contributed by atoms with Gasteiger partial charge in [-0.05, 0) is 19.3 Å². The molecule has 3 N–H and O–H groups in total. The van der Waals surface area contributed by atoms with Gasteiger partial charge in [-0.1, -0.05) is 6.92 Å². The van der Waals surface area contributed by atoms with Gasteiger partial charge in [-0.3, -0.25) is 4.79 Å². The van der Waals surface area contributed by atoms with Crippen molar-refractivity contribution < 1.29 is 9.53 Å². The summed E-state index contributed by atoms with van der Waals surface area (Å²) in [5.74, 6) is 0.435. The summed E-state index contributed by atoms with van der Waals surface area (Å²) in [7, 11) is 1.66. The summed E-state index contributed by atoms with van der Waals surface area (Å²) >= 11 is 0. The molecule has 0 aliphatic rings. The number of ether oxygens (including phenoxy) is 1. The van der Waals surface area contributed by atoms with Gasteiger partial charge in [0, 0.05) is 26.1 Å². The molecule has 0 saturated carbocycles. The topological polar surface area (TPSA) is 64.3 Å². The highest BCUT2D eigenvalue weighted by atomic mass is 16.5. The molecule has 2 atom stereocenters. The molecule has 0 aromatic carbocycles. The van der Waals surface area contributed by atoms with Crippen LogP contribution in [0.25, 0.3) is 0 Å². The Hall–Kier alpha value is -0.610. The Morgan fingerprint density at radius 1 is 1.50 bits per heavy atom. The molecule has 1 amide bonds. The van der Waals surface area contributed by atoms with E-state index in [1.54, 1.807) is 7.11 Å². The van der Waals surface area contributed by atoms with Crippen LogP contribution in [0.5, 0.6) is 0 Å². The van der Waals surface area contributed by atoms with Gasteiger partial charge in [0.1, 0.15) is 0 Å². The van der Waals surface area contributed by atoms with E-state index >= 15 is 0 Å². The first-order chi connectivity index (χ1) is 6.56. The number of carbonyl (C=O) groups is 1. The second-order valence-corrected chi connectivity index (χ2v) is 3.88. The van der Waals surface area contributed by atoms with Gasteiger partial charge in [0.05, 0.1) is 6.61 Å². The molecule has 4 heteroatoms. The van der Waals surface area contributed by atoms with Crippen LogP contribution in [-0.4, -0.2) is 32.2 Å². The van der Waals surface area contributed by atoms with Gasteiger partial charge in [0.2, 0.25) is 5.91 Å². The van der Waals surface area contributed by atoms with Crippen molar-refractivity contribution in [2.75, 3.05) is 20.3 Å². The average Bonchev–Trinajstić information content (AvgIpc) is 2.12. The number of nitrogens with two attached hydrogens (primary N) is 1. The van der Waals surface area contributed by atoms with E-state index in [0.717, 1.165) is 6.42 Å². The van der Waals surface area contributed by atoms with Gasteiger partial charge >= 0.3 is 0 Å². The monoisotopic (exact) mass is 202 g/mol. The average molecular weight is 202 g/mol. The molecule has 0 heterocycles. The van der Waals surface area contributed by atoms with Crippen molar-refractivity contribution in [3.05, 3.63) is 0 Å². The van der Waals surface area contributed by atoms with Crippen molar-refractivity contribution in [2.45, 2.75) is 32.7 Å². The summed E-state index contributed by atoms with van der Waals surface area (Å²) in [5.41, 5.74) is 5.54. The Morgan fingerprint density at radius 2 is 2.14 bits per heavy atom. The molecule has 84 valence electrons. The molecule has 0 rings (SSSR count). The predicted molar refractivity (Wildman–Crippen MR) is 56.9 cm³/mol. The standard InChI is InChI=1S/C10H22N2O2/c1-8(7-14-3)6-12-10(13)5-4-9(2)11/h8-9H,4-7,11H2,1-3H3,(H,12,13). The molecule has 0 spiro atoms. The highest BCUT2D eigenvalue weighted by molar-refractivity contribution is 5.75. The first kappa shape index (κ1) is 13.4. The third-order valence-electron chi connectivity index (χ3n) is 1.93. The van der Waals surface area contributed by atoms with E-state index in [1.807, 2.05) is 13.8 Å². The van der Waals surface area contributed by atoms with Crippen LogP contribution in [0, 0.1) is 5.92 Å².